The summed E-state index contributed by atoms with van der Waals surface area (Å²) in [6.07, 6.45) is 1.89. The van der Waals surface area contributed by atoms with Gasteiger partial charge in [-0.3, -0.25) is 0 Å². The van der Waals surface area contributed by atoms with Gasteiger partial charge in [-0.2, -0.15) is 0 Å². The molecular formula is C18H21NO4S. The van der Waals surface area contributed by atoms with Crippen LogP contribution in [0.5, 0.6) is 11.5 Å². The molecular weight excluding hydrogens is 326 g/mol. The number of ether oxygens (including phenoxy) is 2. The van der Waals surface area contributed by atoms with Gasteiger partial charge in [-0.15, -0.1) is 0 Å². The number of hydrogen-bond acceptors (Lipinski definition) is 4. The molecule has 3 rings (SSSR count). The summed E-state index contributed by atoms with van der Waals surface area (Å²) < 4.78 is 38.2. The molecule has 0 unspecified atom stereocenters. The SMILES string of the molecule is COc1ccc(S(=O)(=O)NCC2(c3ccccc3OC)CC2)cc1. The summed E-state index contributed by atoms with van der Waals surface area (Å²) in [7, 11) is -0.370. The van der Waals surface area contributed by atoms with Crippen LogP contribution < -0.4 is 14.2 Å². The highest BCUT2D eigenvalue weighted by molar-refractivity contribution is 7.89. The number of methoxy groups -OCH3 is 2. The molecule has 0 aliphatic heterocycles. The molecule has 0 radical (unpaired) electrons. The zero-order valence-electron chi connectivity index (χ0n) is 13.8. The third kappa shape index (κ3) is 3.25. The number of rotatable bonds is 7. The Hall–Kier alpha value is -2.05. The fourth-order valence-corrected chi connectivity index (χ4v) is 3.97. The van der Waals surface area contributed by atoms with E-state index in [1.54, 1.807) is 38.5 Å². The van der Waals surface area contributed by atoms with Crippen molar-refractivity contribution in [1.82, 2.24) is 4.72 Å². The molecule has 2 aromatic carbocycles. The first kappa shape index (κ1) is 16.8. The second-order valence-electron chi connectivity index (χ2n) is 5.98. The van der Waals surface area contributed by atoms with Crippen LogP contribution in [0.1, 0.15) is 18.4 Å². The molecule has 0 heterocycles. The van der Waals surface area contributed by atoms with E-state index in [0.717, 1.165) is 24.2 Å². The van der Waals surface area contributed by atoms with Crippen molar-refractivity contribution in [1.29, 1.82) is 0 Å². The van der Waals surface area contributed by atoms with E-state index >= 15 is 0 Å². The maximum absolute atomic E-state index is 12.5. The van der Waals surface area contributed by atoms with Gasteiger partial charge < -0.3 is 9.47 Å². The van der Waals surface area contributed by atoms with Crippen LogP contribution in [-0.4, -0.2) is 29.2 Å². The van der Waals surface area contributed by atoms with Crippen molar-refractivity contribution < 1.29 is 17.9 Å². The summed E-state index contributed by atoms with van der Waals surface area (Å²) in [4.78, 5) is 0.235. The molecule has 5 nitrogen and oxygen atoms in total. The Morgan fingerprint density at radius 1 is 1.00 bits per heavy atom. The first-order valence-corrected chi connectivity index (χ1v) is 9.26. The molecule has 0 aromatic heterocycles. The zero-order valence-corrected chi connectivity index (χ0v) is 14.6. The summed E-state index contributed by atoms with van der Waals surface area (Å²) in [5.41, 5.74) is 0.886. The van der Waals surface area contributed by atoms with Crippen molar-refractivity contribution in [3.8, 4) is 11.5 Å². The molecule has 0 amide bonds. The molecule has 2 aromatic rings. The number of sulfonamides is 1. The average Bonchev–Trinajstić information content (AvgIpc) is 3.41. The molecule has 0 atom stereocenters. The van der Waals surface area contributed by atoms with Crippen LogP contribution in [0.25, 0.3) is 0 Å². The van der Waals surface area contributed by atoms with Gasteiger partial charge in [0.25, 0.3) is 0 Å². The molecule has 6 heteroatoms. The van der Waals surface area contributed by atoms with Gasteiger partial charge in [0.05, 0.1) is 19.1 Å². The zero-order chi connectivity index (χ0) is 17.2. The number of hydrogen-bond donors (Lipinski definition) is 1. The smallest absolute Gasteiger partial charge is 0.240 e. The van der Waals surface area contributed by atoms with Crippen LogP contribution in [0.15, 0.2) is 53.4 Å². The van der Waals surface area contributed by atoms with Crippen LogP contribution in [0, 0.1) is 0 Å². The highest BCUT2D eigenvalue weighted by Crippen LogP contribution is 2.50. The van der Waals surface area contributed by atoms with Gasteiger partial charge in [0.2, 0.25) is 10.0 Å². The summed E-state index contributed by atoms with van der Waals surface area (Å²) >= 11 is 0. The largest absolute Gasteiger partial charge is 0.497 e. The summed E-state index contributed by atoms with van der Waals surface area (Å²) in [5, 5.41) is 0. The predicted molar refractivity (Wildman–Crippen MR) is 92.1 cm³/mol. The Labute approximate surface area is 142 Å². The van der Waals surface area contributed by atoms with Crippen molar-refractivity contribution in [3.63, 3.8) is 0 Å². The van der Waals surface area contributed by atoms with E-state index in [1.807, 2.05) is 24.3 Å². The molecule has 0 bridgehead atoms. The van der Waals surface area contributed by atoms with E-state index in [9.17, 15) is 8.42 Å². The molecule has 0 spiro atoms. The predicted octanol–water partition coefficient (Wildman–Crippen LogP) is 2.71. The lowest BCUT2D eigenvalue weighted by molar-refractivity contribution is 0.403. The molecule has 1 aliphatic carbocycles. The second-order valence-corrected chi connectivity index (χ2v) is 7.75. The summed E-state index contributed by atoms with van der Waals surface area (Å²) in [6.45, 7) is 0.363. The first-order chi connectivity index (χ1) is 11.5. The normalized spacial score (nSPS) is 15.8. The molecule has 128 valence electrons. The van der Waals surface area contributed by atoms with E-state index in [0.29, 0.717) is 12.3 Å². The highest BCUT2D eigenvalue weighted by atomic mass is 32.2. The number of nitrogens with one attached hydrogen (secondary N) is 1. The van der Waals surface area contributed by atoms with Crippen LogP contribution in [0.2, 0.25) is 0 Å². The molecule has 1 aliphatic rings. The Bertz CT molecular complexity index is 811. The average molecular weight is 347 g/mol. The summed E-state index contributed by atoms with van der Waals surface area (Å²) in [5.74, 6) is 1.43. The topological polar surface area (TPSA) is 64.6 Å². The number of para-hydroxylation sites is 1. The number of benzene rings is 2. The lowest BCUT2D eigenvalue weighted by Gasteiger charge is -2.19. The Morgan fingerprint density at radius 2 is 1.67 bits per heavy atom. The quantitative estimate of drug-likeness (QED) is 0.836. The summed E-state index contributed by atoms with van der Waals surface area (Å²) in [6, 6.07) is 14.2. The fraction of sp³-hybridized carbons (Fsp3) is 0.333. The molecule has 24 heavy (non-hydrogen) atoms. The third-order valence-corrected chi connectivity index (χ3v) is 5.92. The van der Waals surface area contributed by atoms with Crippen LogP contribution in [-0.2, 0) is 15.4 Å². The standard InChI is InChI=1S/C18H21NO4S/c1-22-14-7-9-15(10-8-14)24(20,21)19-13-18(11-12-18)16-5-3-4-6-17(16)23-2/h3-10,19H,11-13H2,1-2H3. The van der Waals surface area contributed by atoms with Crippen LogP contribution in [0.3, 0.4) is 0 Å². The first-order valence-electron chi connectivity index (χ1n) is 7.78. The van der Waals surface area contributed by atoms with Crippen molar-refractivity contribution >= 4 is 10.0 Å². The maximum Gasteiger partial charge on any atom is 0.240 e. The minimum atomic E-state index is -3.55. The van der Waals surface area contributed by atoms with E-state index in [2.05, 4.69) is 4.72 Å². The van der Waals surface area contributed by atoms with Gasteiger partial charge in [-0.1, -0.05) is 18.2 Å². The lowest BCUT2D eigenvalue weighted by Crippen LogP contribution is -2.32. The van der Waals surface area contributed by atoms with E-state index in [1.165, 1.54) is 0 Å². The Balaban J connectivity index is 1.76. The third-order valence-electron chi connectivity index (χ3n) is 4.50. The van der Waals surface area contributed by atoms with Gasteiger partial charge in [0, 0.05) is 17.5 Å². The fourth-order valence-electron chi connectivity index (χ4n) is 2.85. The van der Waals surface area contributed by atoms with Gasteiger partial charge in [0.15, 0.2) is 0 Å². The molecule has 0 saturated heterocycles. The van der Waals surface area contributed by atoms with Gasteiger partial charge >= 0.3 is 0 Å². The highest BCUT2D eigenvalue weighted by Gasteiger charge is 2.46. The maximum atomic E-state index is 12.5. The molecule has 1 fully saturated rings. The monoisotopic (exact) mass is 347 g/mol. The molecule has 1 saturated carbocycles. The second kappa shape index (κ2) is 6.45. The van der Waals surface area contributed by atoms with Crippen LogP contribution >= 0.6 is 0 Å². The molecule has 1 N–H and O–H groups in total. The minimum Gasteiger partial charge on any atom is -0.497 e. The lowest BCUT2D eigenvalue weighted by atomic mass is 9.95. The van der Waals surface area contributed by atoms with Gasteiger partial charge in [-0.05, 0) is 43.2 Å². The Morgan fingerprint density at radius 3 is 2.25 bits per heavy atom. The van der Waals surface area contributed by atoms with Crippen molar-refractivity contribution in [2.75, 3.05) is 20.8 Å². The van der Waals surface area contributed by atoms with E-state index in [4.69, 9.17) is 9.47 Å². The van der Waals surface area contributed by atoms with E-state index < -0.39 is 10.0 Å². The van der Waals surface area contributed by atoms with Crippen molar-refractivity contribution in [3.05, 3.63) is 54.1 Å². The van der Waals surface area contributed by atoms with Crippen molar-refractivity contribution in [2.45, 2.75) is 23.2 Å². The van der Waals surface area contributed by atoms with Crippen LogP contribution in [0.4, 0.5) is 0 Å². The van der Waals surface area contributed by atoms with Gasteiger partial charge in [0.1, 0.15) is 11.5 Å². The van der Waals surface area contributed by atoms with Gasteiger partial charge in [-0.25, -0.2) is 13.1 Å². The Kier molecular flexibility index (Phi) is 4.51. The van der Waals surface area contributed by atoms with E-state index in [-0.39, 0.29) is 10.3 Å². The van der Waals surface area contributed by atoms with Crippen molar-refractivity contribution in [2.24, 2.45) is 0 Å². The minimum absolute atomic E-state index is 0.174.